The third kappa shape index (κ3) is 3.30. The van der Waals surface area contributed by atoms with Crippen LogP contribution in [0.4, 0.5) is 0 Å². The van der Waals surface area contributed by atoms with E-state index in [-0.39, 0.29) is 22.7 Å². The molecule has 2 amide bonds. The monoisotopic (exact) mass is 348 g/mol. The first kappa shape index (κ1) is 17.3. The van der Waals surface area contributed by atoms with E-state index in [9.17, 15) is 9.59 Å². The van der Waals surface area contributed by atoms with Crippen LogP contribution >= 0.6 is 11.8 Å². The van der Waals surface area contributed by atoms with Crippen LogP contribution in [0.5, 0.6) is 0 Å². The van der Waals surface area contributed by atoms with Crippen molar-refractivity contribution in [1.29, 1.82) is 0 Å². The summed E-state index contributed by atoms with van der Waals surface area (Å²) in [6, 6.07) is 7.60. The Labute approximate surface area is 147 Å². The van der Waals surface area contributed by atoms with Crippen molar-refractivity contribution >= 4 is 23.6 Å². The lowest BCUT2D eigenvalue weighted by atomic mass is 10.1. The largest absolute Gasteiger partial charge is 0.377 e. The van der Waals surface area contributed by atoms with E-state index in [1.807, 2.05) is 31.2 Å². The van der Waals surface area contributed by atoms with E-state index in [4.69, 9.17) is 4.74 Å². The van der Waals surface area contributed by atoms with Crippen molar-refractivity contribution in [1.82, 2.24) is 10.2 Å². The summed E-state index contributed by atoms with van der Waals surface area (Å²) in [6.07, 6.45) is 1.38. The fraction of sp³-hybridized carbons (Fsp3) is 0.556. The molecular weight excluding hydrogens is 324 g/mol. The van der Waals surface area contributed by atoms with E-state index in [1.54, 1.807) is 16.7 Å². The lowest BCUT2D eigenvalue weighted by Gasteiger charge is -2.29. The SMILES string of the molecule is CCOCc1ccccc1CNC(=O)C1CSC2(C)CCC(=O)N12. The Kier molecular flexibility index (Phi) is 5.15. The zero-order valence-electron chi connectivity index (χ0n) is 14.2. The smallest absolute Gasteiger partial charge is 0.243 e. The molecule has 6 heteroatoms. The van der Waals surface area contributed by atoms with Gasteiger partial charge in [0.1, 0.15) is 6.04 Å². The molecular formula is C18H24N2O3S. The minimum Gasteiger partial charge on any atom is -0.377 e. The summed E-state index contributed by atoms with van der Waals surface area (Å²) in [5.41, 5.74) is 2.14. The van der Waals surface area contributed by atoms with Gasteiger partial charge in [0.2, 0.25) is 11.8 Å². The number of carbonyl (C=O) groups is 2. The molecule has 0 saturated carbocycles. The number of thioether (sulfide) groups is 1. The molecule has 1 aromatic carbocycles. The summed E-state index contributed by atoms with van der Waals surface area (Å²) in [7, 11) is 0. The van der Waals surface area contributed by atoms with Gasteiger partial charge in [0.05, 0.1) is 11.5 Å². The van der Waals surface area contributed by atoms with Crippen LogP contribution in [0.25, 0.3) is 0 Å². The molecule has 1 N–H and O–H groups in total. The highest BCUT2D eigenvalue weighted by Gasteiger charge is 2.52. The second-order valence-electron chi connectivity index (χ2n) is 6.39. The van der Waals surface area contributed by atoms with E-state index in [1.165, 1.54) is 0 Å². The van der Waals surface area contributed by atoms with Crippen LogP contribution in [0.3, 0.4) is 0 Å². The zero-order chi connectivity index (χ0) is 17.2. The lowest BCUT2D eigenvalue weighted by Crippen LogP contribution is -2.49. The summed E-state index contributed by atoms with van der Waals surface area (Å²) >= 11 is 1.72. The second-order valence-corrected chi connectivity index (χ2v) is 7.89. The lowest BCUT2D eigenvalue weighted by molar-refractivity contribution is -0.138. The normalized spacial score (nSPS) is 25.8. The van der Waals surface area contributed by atoms with Crippen molar-refractivity contribution in [3.05, 3.63) is 35.4 Å². The number of carbonyl (C=O) groups excluding carboxylic acids is 2. The Bertz CT molecular complexity index is 636. The van der Waals surface area contributed by atoms with Crippen LogP contribution in [0.2, 0.25) is 0 Å². The summed E-state index contributed by atoms with van der Waals surface area (Å²) in [5, 5.41) is 3.01. The molecule has 130 valence electrons. The van der Waals surface area contributed by atoms with Gasteiger partial charge in [-0.1, -0.05) is 24.3 Å². The fourth-order valence-corrected chi connectivity index (χ4v) is 4.83. The van der Waals surface area contributed by atoms with Crippen molar-refractivity contribution in [2.24, 2.45) is 0 Å². The summed E-state index contributed by atoms with van der Waals surface area (Å²) in [4.78, 5) is 26.4. The predicted molar refractivity (Wildman–Crippen MR) is 94.3 cm³/mol. The van der Waals surface area contributed by atoms with Gasteiger partial charge in [0, 0.05) is 25.3 Å². The first-order valence-electron chi connectivity index (χ1n) is 8.43. The average Bonchev–Trinajstić information content (AvgIpc) is 3.08. The molecule has 2 heterocycles. The van der Waals surface area contributed by atoms with Gasteiger partial charge in [0.15, 0.2) is 0 Å². The van der Waals surface area contributed by atoms with Crippen molar-refractivity contribution < 1.29 is 14.3 Å². The van der Waals surface area contributed by atoms with Crippen molar-refractivity contribution in [2.45, 2.75) is 50.8 Å². The molecule has 2 atom stereocenters. The third-order valence-electron chi connectivity index (χ3n) is 4.78. The Hall–Kier alpha value is -1.53. The quantitative estimate of drug-likeness (QED) is 0.857. The maximum atomic E-state index is 12.6. The van der Waals surface area contributed by atoms with Crippen LogP contribution in [0.15, 0.2) is 24.3 Å². The maximum absolute atomic E-state index is 12.6. The molecule has 2 saturated heterocycles. The molecule has 0 radical (unpaired) electrons. The number of ether oxygens (including phenoxy) is 1. The fourth-order valence-electron chi connectivity index (χ4n) is 3.40. The molecule has 0 spiro atoms. The number of hydrogen-bond donors (Lipinski definition) is 1. The van der Waals surface area contributed by atoms with Crippen molar-refractivity contribution in [2.75, 3.05) is 12.4 Å². The third-order valence-corrected chi connectivity index (χ3v) is 6.29. The molecule has 2 fully saturated rings. The van der Waals surface area contributed by atoms with Crippen LogP contribution in [0, 0.1) is 0 Å². The molecule has 2 unspecified atom stereocenters. The van der Waals surface area contributed by atoms with Crippen LogP contribution < -0.4 is 5.32 Å². The molecule has 0 aromatic heterocycles. The first-order chi connectivity index (χ1) is 11.5. The Morgan fingerprint density at radius 2 is 2.17 bits per heavy atom. The van der Waals surface area contributed by atoms with Gasteiger partial charge in [-0.3, -0.25) is 9.59 Å². The zero-order valence-corrected chi connectivity index (χ0v) is 15.0. The molecule has 0 bridgehead atoms. The molecule has 5 nitrogen and oxygen atoms in total. The van der Waals surface area contributed by atoms with Crippen LogP contribution in [-0.2, 0) is 27.5 Å². The second kappa shape index (κ2) is 7.15. The molecule has 1 aromatic rings. The standard InChI is InChI=1S/C18H24N2O3S/c1-3-23-11-14-7-5-4-6-13(14)10-19-17(22)15-12-24-18(2)9-8-16(21)20(15)18/h4-7,15H,3,8-12H2,1-2H3,(H,19,22). The minimum atomic E-state index is -0.353. The minimum absolute atomic E-state index is 0.0623. The van der Waals surface area contributed by atoms with Crippen LogP contribution in [-0.4, -0.2) is 40.0 Å². The van der Waals surface area contributed by atoms with Gasteiger partial charge >= 0.3 is 0 Å². The molecule has 0 aliphatic carbocycles. The van der Waals surface area contributed by atoms with Gasteiger partial charge in [0.25, 0.3) is 0 Å². The highest BCUT2D eigenvalue weighted by molar-refractivity contribution is 8.01. The van der Waals surface area contributed by atoms with Gasteiger partial charge < -0.3 is 15.0 Å². The highest BCUT2D eigenvalue weighted by atomic mass is 32.2. The predicted octanol–water partition coefficient (Wildman–Crippen LogP) is 2.29. The topological polar surface area (TPSA) is 58.6 Å². The first-order valence-corrected chi connectivity index (χ1v) is 9.42. The van der Waals surface area contributed by atoms with E-state index < -0.39 is 0 Å². The molecule has 2 aliphatic rings. The summed E-state index contributed by atoms with van der Waals surface area (Å²) < 4.78 is 5.48. The number of hydrogen-bond acceptors (Lipinski definition) is 4. The molecule has 24 heavy (non-hydrogen) atoms. The Morgan fingerprint density at radius 1 is 1.42 bits per heavy atom. The number of nitrogens with one attached hydrogen (secondary N) is 1. The Morgan fingerprint density at radius 3 is 2.92 bits per heavy atom. The summed E-state index contributed by atoms with van der Waals surface area (Å²) in [5.74, 6) is 0.710. The number of fused-ring (bicyclic) bond motifs is 1. The van der Waals surface area contributed by atoms with Crippen molar-refractivity contribution in [3.63, 3.8) is 0 Å². The molecule has 2 aliphatic heterocycles. The van der Waals surface area contributed by atoms with E-state index in [0.717, 1.165) is 17.5 Å². The highest BCUT2D eigenvalue weighted by Crippen LogP contribution is 2.47. The summed E-state index contributed by atoms with van der Waals surface area (Å²) in [6.45, 7) is 5.70. The number of nitrogens with zero attached hydrogens (tertiary/aromatic N) is 1. The molecule has 3 rings (SSSR count). The Balaban J connectivity index is 1.63. The maximum Gasteiger partial charge on any atom is 0.243 e. The van der Waals surface area contributed by atoms with Crippen molar-refractivity contribution in [3.8, 4) is 0 Å². The number of benzene rings is 1. The van der Waals surface area contributed by atoms with E-state index >= 15 is 0 Å². The average molecular weight is 348 g/mol. The number of rotatable bonds is 6. The number of amides is 2. The van der Waals surface area contributed by atoms with Gasteiger partial charge in [-0.15, -0.1) is 11.8 Å². The van der Waals surface area contributed by atoms with Gasteiger partial charge in [-0.05, 0) is 31.4 Å². The van der Waals surface area contributed by atoms with Gasteiger partial charge in [-0.25, -0.2) is 0 Å². The van der Waals surface area contributed by atoms with E-state index in [0.29, 0.717) is 31.9 Å². The van der Waals surface area contributed by atoms with Gasteiger partial charge in [-0.2, -0.15) is 0 Å². The van der Waals surface area contributed by atoms with Crippen LogP contribution in [0.1, 0.15) is 37.8 Å². The van der Waals surface area contributed by atoms with E-state index in [2.05, 4.69) is 12.2 Å².